The van der Waals surface area contributed by atoms with Crippen molar-refractivity contribution in [3.63, 3.8) is 0 Å². The highest BCUT2D eigenvalue weighted by atomic mass is 79.9. The van der Waals surface area contributed by atoms with Crippen LogP contribution in [0.2, 0.25) is 105 Å². The predicted molar refractivity (Wildman–Crippen MR) is 205 cm³/mol. The van der Waals surface area contributed by atoms with Crippen LogP contribution in [0, 0.1) is 0 Å². The Morgan fingerprint density at radius 1 is 0.219 bits per heavy atom. The second-order valence-corrected chi connectivity index (χ2v) is 165. The molecular formula is C16H48Br6Si10. The minimum absolute atomic E-state index is 1.61. The van der Waals surface area contributed by atoms with Crippen LogP contribution in [0.1, 0.15) is 0 Å². The molecule has 0 unspecified atom stereocenters. The molecule has 0 saturated carbocycles. The lowest BCUT2D eigenvalue weighted by Gasteiger charge is -2.74. The van der Waals surface area contributed by atoms with Gasteiger partial charge in [-0.15, -0.1) is 91.8 Å². The van der Waals surface area contributed by atoms with E-state index in [2.05, 4.69) is 197 Å². The third kappa shape index (κ3) is 5.49. The number of rotatable bonds is 9. The minimum atomic E-state index is -1.82. The molecule has 0 aromatic heterocycles. The van der Waals surface area contributed by atoms with Crippen LogP contribution >= 0.6 is 91.8 Å². The van der Waals surface area contributed by atoms with Gasteiger partial charge in [-0.1, -0.05) is 105 Å². The maximum atomic E-state index is 4.61. The van der Waals surface area contributed by atoms with Crippen molar-refractivity contribution in [3.05, 3.63) is 0 Å². The fourth-order valence-electron chi connectivity index (χ4n) is 7.19. The molecule has 0 atom stereocenters. The SMILES string of the molecule is C[Si](C)(Br)[Si](C)([Si](C)(C)Br)[Si](C)([Si](C)([Si](C)(C)Br)[Si](C)(C)Br)[Si](C)([Si](C)(C)Br)[Si](C)(C)Br. The van der Waals surface area contributed by atoms with Crippen LogP contribution in [-0.4, -0.2) is 63.8 Å². The Morgan fingerprint density at radius 2 is 0.312 bits per heavy atom. The second-order valence-electron chi connectivity index (χ2n) is 13.3. The fourth-order valence-corrected chi connectivity index (χ4v) is 642. The Balaban J connectivity index is 8.69. The molecule has 0 bridgehead atoms. The zero-order chi connectivity index (χ0) is 27.0. The van der Waals surface area contributed by atoms with Gasteiger partial charge in [-0.3, -0.25) is 0 Å². The van der Waals surface area contributed by atoms with Crippen molar-refractivity contribution in [1.29, 1.82) is 0 Å². The molecule has 0 aromatic carbocycles. The molecule has 0 nitrogen and oxygen atoms in total. The summed E-state index contributed by atoms with van der Waals surface area (Å²) in [6.07, 6.45) is -9.68. The van der Waals surface area contributed by atoms with Crippen LogP contribution < -0.4 is 0 Å². The third-order valence-corrected chi connectivity index (χ3v) is 322. The molecule has 0 fully saturated rings. The average Bonchev–Trinajstić information content (AvgIpc) is 2.44. The van der Waals surface area contributed by atoms with Crippen molar-refractivity contribution in [2.75, 3.05) is 0 Å². The Morgan fingerprint density at radius 3 is 0.375 bits per heavy atom. The first-order valence-corrected chi connectivity index (χ1v) is 61.9. The van der Waals surface area contributed by atoms with Crippen molar-refractivity contribution >= 4 is 156 Å². The largest absolute Gasteiger partial charge is 0.131 e. The van der Waals surface area contributed by atoms with Gasteiger partial charge in [0.25, 0.3) is 0 Å². The third-order valence-electron chi connectivity index (χ3n) is 10.1. The Labute approximate surface area is 256 Å². The summed E-state index contributed by atoms with van der Waals surface area (Å²) in [5, 5.41) is 0. The summed E-state index contributed by atoms with van der Waals surface area (Å²) in [7, 11) is 0. The molecule has 16 heteroatoms. The Bertz CT molecular complexity index is 556. The summed E-state index contributed by atoms with van der Waals surface area (Å²) in [6, 6.07) is 0. The normalized spacial score (nSPS) is 17.1. The van der Waals surface area contributed by atoms with Gasteiger partial charge in [0.1, 0.15) is 37.3 Å². The molecule has 0 amide bonds. The molecule has 194 valence electrons. The van der Waals surface area contributed by atoms with Crippen molar-refractivity contribution in [1.82, 2.24) is 0 Å². The van der Waals surface area contributed by atoms with Crippen molar-refractivity contribution in [3.8, 4) is 0 Å². The van der Waals surface area contributed by atoms with E-state index in [4.69, 9.17) is 0 Å². The first kappa shape index (κ1) is 37.0. The molecule has 0 radical (unpaired) electrons. The van der Waals surface area contributed by atoms with Gasteiger partial charge < -0.3 is 0 Å². The lowest BCUT2D eigenvalue weighted by Crippen LogP contribution is -3.06. The van der Waals surface area contributed by atoms with E-state index in [0.29, 0.717) is 0 Å². The summed E-state index contributed by atoms with van der Waals surface area (Å²) < 4.78 is 0. The molecule has 0 aromatic rings. The van der Waals surface area contributed by atoms with Gasteiger partial charge >= 0.3 is 0 Å². The Kier molecular flexibility index (Phi) is 12.1. The molecule has 0 N–H and O–H groups in total. The van der Waals surface area contributed by atoms with Gasteiger partial charge in [-0.25, -0.2) is 0 Å². The zero-order valence-electron chi connectivity index (χ0n) is 23.3. The molecule has 0 heterocycles. The molecule has 0 aliphatic carbocycles. The van der Waals surface area contributed by atoms with Gasteiger partial charge in [-0.05, 0) is 0 Å². The van der Waals surface area contributed by atoms with Crippen LogP contribution in [0.5, 0.6) is 0 Å². The van der Waals surface area contributed by atoms with E-state index in [0.717, 1.165) is 0 Å². The fraction of sp³-hybridized carbons (Fsp3) is 1.00. The average molecular weight is 1000 g/mol. The van der Waals surface area contributed by atoms with E-state index in [1.807, 2.05) is 0 Å². The predicted octanol–water partition coefficient (Wildman–Crippen LogP) is 10.6. The highest BCUT2D eigenvalue weighted by Crippen LogP contribution is 2.58. The molecule has 0 aliphatic rings. The lowest BCUT2D eigenvalue weighted by molar-refractivity contribution is 1.88. The van der Waals surface area contributed by atoms with E-state index >= 15 is 0 Å². The first-order chi connectivity index (χ1) is 13.2. The highest BCUT2D eigenvalue weighted by molar-refractivity contribution is 9.34. The second kappa shape index (κ2) is 10.5. The molecule has 0 aliphatic heterocycles. The summed E-state index contributed by atoms with van der Waals surface area (Å²) in [4.78, 5) is 0. The van der Waals surface area contributed by atoms with Gasteiger partial charge in [0.05, 0.1) is 19.9 Å². The zero-order valence-corrected chi connectivity index (χ0v) is 42.8. The summed E-state index contributed by atoms with van der Waals surface area (Å²) >= 11 is 27.7. The highest BCUT2D eigenvalue weighted by Gasteiger charge is 2.84. The van der Waals surface area contributed by atoms with Crippen LogP contribution in [0.3, 0.4) is 0 Å². The van der Waals surface area contributed by atoms with E-state index in [1.54, 1.807) is 0 Å². The minimum Gasteiger partial charge on any atom is -0.131 e. The van der Waals surface area contributed by atoms with Crippen molar-refractivity contribution in [2.45, 2.75) is 105 Å². The van der Waals surface area contributed by atoms with E-state index in [-0.39, 0.29) is 0 Å². The molecule has 0 spiro atoms. The maximum Gasteiger partial charge on any atom is 0.111 e. The van der Waals surface area contributed by atoms with Crippen molar-refractivity contribution < 1.29 is 0 Å². The Hall–Kier alpha value is 5.05. The number of halogens is 6. The molecule has 0 saturated heterocycles. The van der Waals surface area contributed by atoms with Crippen LogP contribution in [-0.2, 0) is 0 Å². The van der Waals surface area contributed by atoms with E-state index in [1.165, 1.54) is 0 Å². The monoisotopic (exact) mass is 994 g/mol. The van der Waals surface area contributed by atoms with Gasteiger partial charge in [0.15, 0.2) is 0 Å². The van der Waals surface area contributed by atoms with Gasteiger partial charge in [-0.2, -0.15) is 0 Å². The topological polar surface area (TPSA) is 0 Å². The van der Waals surface area contributed by atoms with Crippen molar-refractivity contribution in [2.24, 2.45) is 0 Å². The standard InChI is InChI=1S/C16H48Br6Si10/c1-23(2,17)29(13,24(3,4)18)32(16,30(14,25(5,6)19)26(7,8)20)31(15,27(9,10)21)28(11,12)22/h1-16H3. The summed E-state index contributed by atoms with van der Waals surface area (Å²) in [6.45, 7) is 37.5. The van der Waals surface area contributed by atoms with Crippen LogP contribution in [0.25, 0.3) is 0 Å². The number of hydrogen-bond donors (Lipinski definition) is 0. The first-order valence-electron chi connectivity index (χ1n) is 11.4. The number of hydrogen-bond acceptors (Lipinski definition) is 0. The quantitative estimate of drug-likeness (QED) is 0.160. The smallest absolute Gasteiger partial charge is 0.111 e. The van der Waals surface area contributed by atoms with E-state index in [9.17, 15) is 0 Å². The van der Waals surface area contributed by atoms with E-state index < -0.39 is 63.8 Å². The summed E-state index contributed by atoms with van der Waals surface area (Å²) in [5.74, 6) is 0. The summed E-state index contributed by atoms with van der Waals surface area (Å²) in [5.41, 5.74) is 0. The maximum absolute atomic E-state index is 4.61. The van der Waals surface area contributed by atoms with Crippen LogP contribution in [0.15, 0.2) is 0 Å². The van der Waals surface area contributed by atoms with Gasteiger partial charge in [0.2, 0.25) is 0 Å². The molecule has 0 rings (SSSR count). The lowest BCUT2D eigenvalue weighted by atomic mass is 11.9. The molecular weight excluding hydrogens is 952 g/mol. The van der Waals surface area contributed by atoms with Crippen LogP contribution in [0.4, 0.5) is 0 Å². The molecule has 32 heavy (non-hydrogen) atoms. The van der Waals surface area contributed by atoms with Gasteiger partial charge in [0, 0.05) is 6.63 Å².